The molecular formula is C7H11N5O3S2. The molecule has 0 aliphatic carbocycles. The fourth-order valence-electron chi connectivity index (χ4n) is 1.51. The van der Waals surface area contributed by atoms with Crippen molar-refractivity contribution in [1.82, 2.24) is 19.8 Å². The zero-order valence-corrected chi connectivity index (χ0v) is 10.6. The third-order valence-electron chi connectivity index (χ3n) is 2.39. The minimum absolute atomic E-state index is 0.0812. The van der Waals surface area contributed by atoms with Crippen molar-refractivity contribution in [3.05, 3.63) is 0 Å². The Bertz CT molecular complexity index is 539. The summed E-state index contributed by atoms with van der Waals surface area (Å²) in [6.07, 6.45) is 0. The minimum Gasteiger partial charge on any atom is -0.374 e. The lowest BCUT2D eigenvalue weighted by atomic mass is 10.2. The van der Waals surface area contributed by atoms with Crippen molar-refractivity contribution in [2.75, 3.05) is 18.8 Å². The second-order valence-electron chi connectivity index (χ2n) is 3.49. The molecule has 94 valence electrons. The van der Waals surface area contributed by atoms with E-state index < -0.39 is 16.1 Å². The van der Waals surface area contributed by atoms with E-state index >= 15 is 0 Å². The van der Waals surface area contributed by atoms with E-state index in [1.54, 1.807) is 0 Å². The van der Waals surface area contributed by atoms with Gasteiger partial charge in [0, 0.05) is 13.1 Å². The van der Waals surface area contributed by atoms with E-state index in [0.717, 1.165) is 15.6 Å². The van der Waals surface area contributed by atoms with Crippen LogP contribution < -0.4 is 11.1 Å². The summed E-state index contributed by atoms with van der Waals surface area (Å²) in [6.45, 7) is 2.03. The number of carbonyl (C=O) groups excluding carboxylic acids is 1. The number of sulfonamides is 1. The van der Waals surface area contributed by atoms with Crippen LogP contribution in [-0.4, -0.2) is 48.0 Å². The zero-order chi connectivity index (χ0) is 12.6. The summed E-state index contributed by atoms with van der Waals surface area (Å²) in [5.74, 6) is -0.322. The van der Waals surface area contributed by atoms with E-state index in [2.05, 4.69) is 15.5 Å². The van der Waals surface area contributed by atoms with Crippen LogP contribution in [0.5, 0.6) is 0 Å². The van der Waals surface area contributed by atoms with Crippen LogP contribution in [-0.2, 0) is 14.8 Å². The number of aromatic nitrogens is 2. The van der Waals surface area contributed by atoms with Crippen molar-refractivity contribution >= 4 is 32.4 Å². The Balaban J connectivity index is 2.35. The highest BCUT2D eigenvalue weighted by Crippen LogP contribution is 2.23. The van der Waals surface area contributed by atoms with Crippen LogP contribution >= 0.6 is 11.3 Å². The van der Waals surface area contributed by atoms with Crippen LogP contribution in [0.15, 0.2) is 4.34 Å². The van der Waals surface area contributed by atoms with Gasteiger partial charge in [0.2, 0.25) is 15.4 Å². The second kappa shape index (κ2) is 4.20. The number of nitrogens with one attached hydrogen (secondary N) is 1. The minimum atomic E-state index is -3.79. The van der Waals surface area contributed by atoms with Crippen LogP contribution in [0.1, 0.15) is 6.92 Å². The van der Waals surface area contributed by atoms with Gasteiger partial charge < -0.3 is 11.1 Å². The fourth-order valence-corrected chi connectivity index (χ4v) is 4.01. The Hall–Kier alpha value is -1.26. The smallest absolute Gasteiger partial charge is 0.273 e. The van der Waals surface area contributed by atoms with Crippen molar-refractivity contribution in [3.63, 3.8) is 0 Å². The molecule has 1 aromatic heterocycles. The molecule has 8 nitrogen and oxygen atoms in total. The molecule has 1 unspecified atom stereocenters. The van der Waals surface area contributed by atoms with Crippen LogP contribution in [0.4, 0.5) is 5.13 Å². The molecule has 1 saturated heterocycles. The second-order valence-corrected chi connectivity index (χ2v) is 6.56. The third-order valence-corrected chi connectivity index (χ3v) is 5.46. The number of hydrogen-bond acceptors (Lipinski definition) is 7. The normalized spacial score (nSPS) is 22.4. The average molecular weight is 277 g/mol. The molecule has 1 amide bonds. The molecule has 0 saturated carbocycles. The number of nitrogen functional groups attached to an aromatic ring is 1. The lowest BCUT2D eigenvalue weighted by molar-refractivity contribution is -0.126. The van der Waals surface area contributed by atoms with Crippen molar-refractivity contribution in [3.8, 4) is 0 Å². The molecule has 1 aromatic rings. The Morgan fingerprint density at radius 2 is 2.24 bits per heavy atom. The Morgan fingerprint density at radius 1 is 1.53 bits per heavy atom. The first-order chi connectivity index (χ1) is 7.93. The third kappa shape index (κ3) is 2.10. The van der Waals surface area contributed by atoms with Crippen LogP contribution in [0.25, 0.3) is 0 Å². The van der Waals surface area contributed by atoms with Gasteiger partial charge in [0.05, 0.1) is 0 Å². The van der Waals surface area contributed by atoms with Gasteiger partial charge in [-0.1, -0.05) is 11.3 Å². The molecule has 1 atom stereocenters. The fraction of sp³-hybridized carbons (Fsp3) is 0.571. The summed E-state index contributed by atoms with van der Waals surface area (Å²) < 4.78 is 25.2. The topological polar surface area (TPSA) is 118 Å². The molecule has 1 aliphatic rings. The molecule has 2 heterocycles. The molecule has 0 radical (unpaired) electrons. The maximum absolute atomic E-state index is 12.2. The Kier molecular flexibility index (Phi) is 3.02. The van der Waals surface area contributed by atoms with E-state index in [0.29, 0.717) is 0 Å². The van der Waals surface area contributed by atoms with E-state index in [4.69, 9.17) is 5.73 Å². The number of anilines is 1. The first kappa shape index (κ1) is 12.2. The first-order valence-electron chi connectivity index (χ1n) is 4.81. The van der Waals surface area contributed by atoms with Gasteiger partial charge >= 0.3 is 0 Å². The highest BCUT2D eigenvalue weighted by atomic mass is 32.2. The summed E-state index contributed by atoms with van der Waals surface area (Å²) in [4.78, 5) is 11.4. The molecule has 2 rings (SSSR count). The van der Waals surface area contributed by atoms with Gasteiger partial charge in [-0.15, -0.1) is 10.2 Å². The molecule has 1 aliphatic heterocycles. The molecule has 17 heavy (non-hydrogen) atoms. The van der Waals surface area contributed by atoms with E-state index in [1.807, 2.05) is 0 Å². The number of nitrogens with zero attached hydrogens (tertiary/aromatic N) is 3. The summed E-state index contributed by atoms with van der Waals surface area (Å²) in [6, 6.07) is -0.751. The first-order valence-corrected chi connectivity index (χ1v) is 7.07. The molecule has 10 heteroatoms. The molecule has 0 bridgehead atoms. The highest BCUT2D eigenvalue weighted by Gasteiger charge is 2.37. The summed E-state index contributed by atoms with van der Waals surface area (Å²) in [5.41, 5.74) is 5.35. The standard InChI is InChI=1S/C7H11N5O3S2/c1-4-5(13)9-2-3-12(4)17(14,15)7-11-10-6(8)16-7/h4H,2-3H2,1H3,(H2,8,10)(H,9,13). The van der Waals surface area contributed by atoms with E-state index in [-0.39, 0.29) is 28.5 Å². The van der Waals surface area contributed by atoms with Gasteiger partial charge in [0.15, 0.2) is 0 Å². The van der Waals surface area contributed by atoms with Gasteiger partial charge in [-0.05, 0) is 6.92 Å². The molecule has 1 fully saturated rings. The van der Waals surface area contributed by atoms with E-state index in [1.165, 1.54) is 6.92 Å². The summed E-state index contributed by atoms with van der Waals surface area (Å²) >= 11 is 0.786. The Labute approximate surface area is 102 Å². The molecular weight excluding hydrogens is 266 g/mol. The molecule has 0 spiro atoms. The largest absolute Gasteiger partial charge is 0.374 e. The van der Waals surface area contributed by atoms with Crippen LogP contribution in [0, 0.1) is 0 Å². The number of nitrogens with two attached hydrogens (primary N) is 1. The quantitative estimate of drug-likeness (QED) is 0.688. The predicted octanol–water partition coefficient (Wildman–Crippen LogP) is -1.37. The van der Waals surface area contributed by atoms with Gasteiger partial charge in [-0.25, -0.2) is 8.42 Å². The van der Waals surface area contributed by atoms with Crippen molar-refractivity contribution in [2.45, 2.75) is 17.3 Å². The lowest BCUT2D eigenvalue weighted by Gasteiger charge is -2.30. The number of piperazine rings is 1. The van der Waals surface area contributed by atoms with Crippen molar-refractivity contribution < 1.29 is 13.2 Å². The van der Waals surface area contributed by atoms with Crippen molar-refractivity contribution in [1.29, 1.82) is 0 Å². The Morgan fingerprint density at radius 3 is 2.82 bits per heavy atom. The SMILES string of the molecule is CC1C(=O)NCCN1S(=O)(=O)c1nnc(N)s1. The van der Waals surface area contributed by atoms with Gasteiger partial charge in [-0.3, -0.25) is 4.79 Å². The van der Waals surface area contributed by atoms with Gasteiger partial charge in [0.25, 0.3) is 10.0 Å². The summed E-state index contributed by atoms with van der Waals surface area (Å²) in [7, 11) is -3.79. The number of rotatable bonds is 2. The number of amides is 1. The maximum atomic E-state index is 12.2. The zero-order valence-electron chi connectivity index (χ0n) is 8.95. The van der Waals surface area contributed by atoms with E-state index in [9.17, 15) is 13.2 Å². The lowest BCUT2D eigenvalue weighted by Crippen LogP contribution is -2.55. The van der Waals surface area contributed by atoms with Crippen LogP contribution in [0.3, 0.4) is 0 Å². The molecule has 0 aromatic carbocycles. The predicted molar refractivity (Wildman–Crippen MR) is 60.7 cm³/mol. The van der Waals surface area contributed by atoms with Crippen molar-refractivity contribution in [2.24, 2.45) is 0 Å². The maximum Gasteiger partial charge on any atom is 0.273 e. The highest BCUT2D eigenvalue weighted by molar-refractivity contribution is 7.91. The average Bonchev–Trinajstić information content (AvgIpc) is 2.69. The van der Waals surface area contributed by atoms with Crippen LogP contribution in [0.2, 0.25) is 0 Å². The van der Waals surface area contributed by atoms with Gasteiger partial charge in [0.1, 0.15) is 6.04 Å². The number of carbonyl (C=O) groups is 1. The monoisotopic (exact) mass is 277 g/mol. The summed E-state index contributed by atoms with van der Waals surface area (Å²) in [5, 5.41) is 9.64. The number of hydrogen-bond donors (Lipinski definition) is 2. The van der Waals surface area contributed by atoms with Gasteiger partial charge in [-0.2, -0.15) is 4.31 Å². The molecule has 3 N–H and O–H groups in total.